The van der Waals surface area contributed by atoms with E-state index >= 15 is 0 Å². The molecule has 7 heteroatoms. The first-order valence-electron chi connectivity index (χ1n) is 6.59. The number of nitrogens with zero attached hydrogens (tertiary/aromatic N) is 3. The second kappa shape index (κ2) is 7.04. The van der Waals surface area contributed by atoms with Crippen molar-refractivity contribution in [2.75, 3.05) is 24.3 Å². The number of anilines is 2. The highest BCUT2D eigenvalue weighted by atomic mass is 32.1. The van der Waals surface area contributed by atoms with Crippen molar-refractivity contribution in [3.05, 3.63) is 22.4 Å². The molecule has 0 fully saturated rings. The molecule has 6 nitrogen and oxygen atoms in total. The van der Waals surface area contributed by atoms with Crippen LogP contribution in [0.5, 0.6) is 6.01 Å². The second-order valence-electron chi connectivity index (χ2n) is 4.25. The molecule has 1 unspecified atom stereocenters. The molecule has 2 aromatic heterocycles. The van der Waals surface area contributed by atoms with Gasteiger partial charge >= 0.3 is 6.01 Å². The van der Waals surface area contributed by atoms with Crippen molar-refractivity contribution in [2.24, 2.45) is 0 Å². The van der Waals surface area contributed by atoms with Gasteiger partial charge in [-0.15, -0.1) is 11.3 Å². The van der Waals surface area contributed by atoms with Crippen molar-refractivity contribution < 1.29 is 4.74 Å². The number of nitrogens with one attached hydrogen (secondary N) is 2. The molecule has 0 aliphatic rings. The van der Waals surface area contributed by atoms with Gasteiger partial charge in [0.05, 0.1) is 12.6 Å². The molecule has 0 saturated heterocycles. The molecule has 20 heavy (non-hydrogen) atoms. The zero-order valence-corrected chi connectivity index (χ0v) is 12.7. The van der Waals surface area contributed by atoms with E-state index in [0.717, 1.165) is 6.42 Å². The molecule has 2 N–H and O–H groups in total. The van der Waals surface area contributed by atoms with Crippen LogP contribution in [-0.2, 0) is 0 Å². The normalized spacial score (nSPS) is 11.9. The van der Waals surface area contributed by atoms with E-state index in [4.69, 9.17) is 4.74 Å². The molecule has 2 rings (SSSR count). The van der Waals surface area contributed by atoms with Crippen LogP contribution >= 0.6 is 11.3 Å². The SMILES string of the molecule is CCCOc1nc(NC)nc(NC(C)c2cccs2)n1. The van der Waals surface area contributed by atoms with Crippen LogP contribution in [0.25, 0.3) is 0 Å². The van der Waals surface area contributed by atoms with Crippen molar-refractivity contribution >= 4 is 23.2 Å². The quantitative estimate of drug-likeness (QED) is 0.818. The Hall–Kier alpha value is -1.89. The lowest BCUT2D eigenvalue weighted by Crippen LogP contribution is -2.12. The standard InChI is InChI=1S/C13H19N5OS/c1-4-7-19-13-17-11(14-3)16-12(18-13)15-9(2)10-6-5-8-20-10/h5-6,8-9H,4,7H2,1-3H3,(H2,14,15,16,17,18). The van der Waals surface area contributed by atoms with Crippen LogP contribution in [0.3, 0.4) is 0 Å². The van der Waals surface area contributed by atoms with Crippen LogP contribution in [0.1, 0.15) is 31.2 Å². The first kappa shape index (κ1) is 14.5. The largest absolute Gasteiger partial charge is 0.463 e. The van der Waals surface area contributed by atoms with Crippen molar-refractivity contribution in [2.45, 2.75) is 26.3 Å². The van der Waals surface area contributed by atoms with Gasteiger partial charge in [0.15, 0.2) is 0 Å². The maximum absolute atomic E-state index is 5.47. The van der Waals surface area contributed by atoms with E-state index in [-0.39, 0.29) is 6.04 Å². The molecule has 0 amide bonds. The minimum absolute atomic E-state index is 0.140. The fraction of sp³-hybridized carbons (Fsp3) is 0.462. The van der Waals surface area contributed by atoms with Gasteiger partial charge in [-0.1, -0.05) is 13.0 Å². The summed E-state index contributed by atoms with van der Waals surface area (Å²) in [6.07, 6.45) is 0.912. The highest BCUT2D eigenvalue weighted by molar-refractivity contribution is 7.10. The topological polar surface area (TPSA) is 72.0 Å². The number of hydrogen-bond acceptors (Lipinski definition) is 7. The van der Waals surface area contributed by atoms with E-state index in [9.17, 15) is 0 Å². The fourth-order valence-electron chi connectivity index (χ4n) is 1.59. The lowest BCUT2D eigenvalue weighted by Gasteiger charge is -2.13. The molecular formula is C13H19N5OS. The summed E-state index contributed by atoms with van der Waals surface area (Å²) >= 11 is 1.70. The van der Waals surface area contributed by atoms with Crippen molar-refractivity contribution in [1.82, 2.24) is 15.0 Å². The molecule has 0 aliphatic carbocycles. The van der Waals surface area contributed by atoms with Gasteiger partial charge in [-0.3, -0.25) is 0 Å². The Morgan fingerprint density at radius 3 is 2.75 bits per heavy atom. The first-order chi connectivity index (χ1) is 9.72. The van der Waals surface area contributed by atoms with E-state index in [2.05, 4.69) is 44.0 Å². The molecule has 1 atom stereocenters. The van der Waals surface area contributed by atoms with E-state index in [1.165, 1.54) is 4.88 Å². The van der Waals surface area contributed by atoms with E-state index in [0.29, 0.717) is 24.5 Å². The molecule has 0 bridgehead atoms. The van der Waals surface area contributed by atoms with E-state index in [1.807, 2.05) is 13.0 Å². The Morgan fingerprint density at radius 2 is 2.10 bits per heavy atom. The molecule has 0 saturated carbocycles. The minimum atomic E-state index is 0.140. The van der Waals surface area contributed by atoms with Gasteiger partial charge < -0.3 is 15.4 Å². The van der Waals surface area contributed by atoms with Gasteiger partial charge in [-0.25, -0.2) is 0 Å². The Morgan fingerprint density at radius 1 is 1.30 bits per heavy atom. The van der Waals surface area contributed by atoms with Gasteiger partial charge in [0.2, 0.25) is 11.9 Å². The van der Waals surface area contributed by atoms with Crippen LogP contribution < -0.4 is 15.4 Å². The van der Waals surface area contributed by atoms with Gasteiger partial charge in [0.25, 0.3) is 0 Å². The molecule has 0 spiro atoms. The highest BCUT2D eigenvalue weighted by Crippen LogP contribution is 2.22. The average Bonchev–Trinajstić information content (AvgIpc) is 2.99. The van der Waals surface area contributed by atoms with Gasteiger partial charge in [0.1, 0.15) is 0 Å². The average molecular weight is 293 g/mol. The number of rotatable bonds is 7. The molecule has 0 aliphatic heterocycles. The summed E-state index contributed by atoms with van der Waals surface area (Å²) in [5.41, 5.74) is 0. The number of thiophene rings is 1. The lowest BCUT2D eigenvalue weighted by molar-refractivity contribution is 0.292. The Kier molecular flexibility index (Phi) is 5.11. The number of hydrogen-bond donors (Lipinski definition) is 2. The van der Waals surface area contributed by atoms with Gasteiger partial charge in [0, 0.05) is 11.9 Å². The summed E-state index contributed by atoms with van der Waals surface area (Å²) in [7, 11) is 1.77. The molecular weight excluding hydrogens is 274 g/mol. The van der Waals surface area contributed by atoms with Crippen molar-refractivity contribution in [3.8, 4) is 6.01 Å². The third-order valence-electron chi connectivity index (χ3n) is 2.59. The van der Waals surface area contributed by atoms with E-state index < -0.39 is 0 Å². The third-order valence-corrected chi connectivity index (χ3v) is 3.64. The predicted octanol–water partition coefficient (Wildman–Crippen LogP) is 2.94. The summed E-state index contributed by atoms with van der Waals surface area (Å²) in [5, 5.41) is 8.23. The molecule has 2 aromatic rings. The predicted molar refractivity (Wildman–Crippen MR) is 81.5 cm³/mol. The minimum Gasteiger partial charge on any atom is -0.463 e. The number of aromatic nitrogens is 3. The van der Waals surface area contributed by atoms with E-state index in [1.54, 1.807) is 18.4 Å². The van der Waals surface area contributed by atoms with Crippen LogP contribution in [0.4, 0.5) is 11.9 Å². The molecule has 0 radical (unpaired) electrons. The van der Waals surface area contributed by atoms with Crippen LogP contribution in [0, 0.1) is 0 Å². The van der Waals surface area contributed by atoms with Gasteiger partial charge in [-0.05, 0) is 24.8 Å². The summed E-state index contributed by atoms with van der Waals surface area (Å²) in [4.78, 5) is 14.0. The highest BCUT2D eigenvalue weighted by Gasteiger charge is 2.11. The third kappa shape index (κ3) is 3.80. The van der Waals surface area contributed by atoms with Gasteiger partial charge in [-0.2, -0.15) is 15.0 Å². The Balaban J connectivity index is 2.13. The molecule has 2 heterocycles. The molecule has 0 aromatic carbocycles. The number of ether oxygens (including phenoxy) is 1. The second-order valence-corrected chi connectivity index (χ2v) is 5.22. The summed E-state index contributed by atoms with van der Waals surface area (Å²) < 4.78 is 5.47. The van der Waals surface area contributed by atoms with Crippen LogP contribution in [0.15, 0.2) is 17.5 Å². The molecule has 108 valence electrons. The fourth-order valence-corrected chi connectivity index (χ4v) is 2.33. The Labute approximate surface area is 122 Å². The monoisotopic (exact) mass is 293 g/mol. The summed E-state index contributed by atoms with van der Waals surface area (Å²) in [6, 6.07) is 4.59. The zero-order valence-electron chi connectivity index (χ0n) is 11.9. The maximum Gasteiger partial charge on any atom is 0.323 e. The Bertz CT molecular complexity index is 532. The van der Waals surface area contributed by atoms with Crippen LogP contribution in [0.2, 0.25) is 0 Å². The smallest absolute Gasteiger partial charge is 0.323 e. The first-order valence-corrected chi connectivity index (χ1v) is 7.47. The van der Waals surface area contributed by atoms with Crippen molar-refractivity contribution in [1.29, 1.82) is 0 Å². The maximum atomic E-state index is 5.47. The lowest BCUT2D eigenvalue weighted by atomic mass is 10.3. The van der Waals surface area contributed by atoms with Crippen molar-refractivity contribution in [3.63, 3.8) is 0 Å². The zero-order chi connectivity index (χ0) is 14.4. The summed E-state index contributed by atoms with van der Waals surface area (Å²) in [6.45, 7) is 4.70. The summed E-state index contributed by atoms with van der Waals surface area (Å²) in [5.74, 6) is 1.00. The van der Waals surface area contributed by atoms with Crippen LogP contribution in [-0.4, -0.2) is 28.6 Å².